The van der Waals surface area contributed by atoms with E-state index in [1.165, 1.54) is 5.56 Å². The molecule has 0 spiro atoms. The van der Waals surface area contributed by atoms with E-state index in [0.29, 0.717) is 0 Å². The van der Waals surface area contributed by atoms with E-state index in [1.807, 2.05) is 6.07 Å². The van der Waals surface area contributed by atoms with E-state index in [1.54, 1.807) is 7.11 Å². The van der Waals surface area contributed by atoms with Crippen LogP contribution < -0.4 is 15.8 Å². The molecule has 3 heteroatoms. The summed E-state index contributed by atoms with van der Waals surface area (Å²) in [5, 5.41) is 3.24. The summed E-state index contributed by atoms with van der Waals surface area (Å²) in [6.07, 6.45) is 1.06. The van der Waals surface area contributed by atoms with Gasteiger partial charge in [-0.05, 0) is 18.1 Å². The Morgan fingerprint density at radius 2 is 2.33 bits per heavy atom. The number of hydrogen-bond donors (Lipinski definition) is 2. The molecule has 3 nitrogen and oxygen atoms in total. The number of fused-ring (bicyclic) bond motifs is 1. The molecule has 0 saturated heterocycles. The van der Waals surface area contributed by atoms with Crippen molar-refractivity contribution in [2.24, 2.45) is 0 Å². The topological polar surface area (TPSA) is 47.3 Å². The van der Waals surface area contributed by atoms with E-state index in [0.717, 1.165) is 30.1 Å². The first-order chi connectivity index (χ1) is 5.83. The van der Waals surface area contributed by atoms with Gasteiger partial charge in [0, 0.05) is 6.54 Å². The molecule has 0 radical (unpaired) electrons. The second kappa shape index (κ2) is 2.59. The molecule has 0 aliphatic carbocycles. The van der Waals surface area contributed by atoms with Crippen molar-refractivity contribution in [3.63, 3.8) is 0 Å². The minimum atomic E-state index is 0.729. The lowest BCUT2D eigenvalue weighted by atomic mass is 10.1. The lowest BCUT2D eigenvalue weighted by molar-refractivity contribution is 0.417. The van der Waals surface area contributed by atoms with Crippen LogP contribution in [0.25, 0.3) is 0 Å². The highest BCUT2D eigenvalue weighted by atomic mass is 16.5. The van der Waals surface area contributed by atoms with Crippen molar-refractivity contribution < 1.29 is 4.74 Å². The van der Waals surface area contributed by atoms with Crippen LogP contribution in [0.2, 0.25) is 0 Å². The molecule has 0 aromatic heterocycles. The predicted octanol–water partition coefficient (Wildman–Crippen LogP) is 1.25. The smallest absolute Gasteiger partial charge is 0.143 e. The summed E-state index contributed by atoms with van der Waals surface area (Å²) in [6, 6.07) is 3.98. The van der Waals surface area contributed by atoms with Gasteiger partial charge >= 0.3 is 0 Å². The Kier molecular flexibility index (Phi) is 1.57. The molecule has 64 valence electrons. The molecule has 0 amide bonds. The second-order valence-corrected chi connectivity index (χ2v) is 2.89. The highest BCUT2D eigenvalue weighted by Crippen LogP contribution is 2.35. The summed E-state index contributed by atoms with van der Waals surface area (Å²) in [4.78, 5) is 0. The van der Waals surface area contributed by atoms with Crippen molar-refractivity contribution in [2.75, 3.05) is 24.7 Å². The summed E-state index contributed by atoms with van der Waals surface area (Å²) in [6.45, 7) is 0.979. The van der Waals surface area contributed by atoms with Gasteiger partial charge in [-0.15, -0.1) is 0 Å². The molecule has 2 rings (SSSR count). The number of hydrogen-bond acceptors (Lipinski definition) is 3. The zero-order valence-corrected chi connectivity index (χ0v) is 7.05. The molecule has 1 aromatic rings. The lowest BCUT2D eigenvalue weighted by Gasteiger charge is -2.08. The van der Waals surface area contributed by atoms with Crippen LogP contribution in [0.1, 0.15) is 5.56 Å². The average Bonchev–Trinajstić information content (AvgIpc) is 2.53. The van der Waals surface area contributed by atoms with Crippen LogP contribution in [0.4, 0.5) is 11.4 Å². The number of methoxy groups -OCH3 is 1. The maximum Gasteiger partial charge on any atom is 0.143 e. The Labute approximate surface area is 71.5 Å². The molecule has 1 aromatic carbocycles. The first-order valence-electron chi connectivity index (χ1n) is 4.02. The summed E-state index contributed by atoms with van der Waals surface area (Å²) < 4.78 is 5.11. The van der Waals surface area contributed by atoms with E-state index in [-0.39, 0.29) is 0 Å². The van der Waals surface area contributed by atoms with E-state index in [4.69, 9.17) is 10.5 Å². The standard InChI is InChI=1S/C9H12N2O/c1-12-7-3-2-6-4-5-11-9(6)8(7)10/h2-3,11H,4-5,10H2,1H3. The fourth-order valence-corrected chi connectivity index (χ4v) is 1.56. The lowest BCUT2D eigenvalue weighted by Crippen LogP contribution is -1.98. The quantitative estimate of drug-likeness (QED) is 0.614. The summed E-state index contributed by atoms with van der Waals surface area (Å²) in [7, 11) is 1.63. The Balaban J connectivity index is 2.54. The van der Waals surface area contributed by atoms with Crippen LogP contribution in [-0.4, -0.2) is 13.7 Å². The zero-order chi connectivity index (χ0) is 8.55. The van der Waals surface area contributed by atoms with Crippen molar-refractivity contribution >= 4 is 11.4 Å². The minimum Gasteiger partial charge on any atom is -0.495 e. The van der Waals surface area contributed by atoms with Crippen molar-refractivity contribution in [3.05, 3.63) is 17.7 Å². The maximum absolute atomic E-state index is 5.86. The van der Waals surface area contributed by atoms with E-state index in [2.05, 4.69) is 11.4 Å². The fraction of sp³-hybridized carbons (Fsp3) is 0.333. The number of rotatable bonds is 1. The largest absolute Gasteiger partial charge is 0.495 e. The molecule has 0 unspecified atom stereocenters. The van der Waals surface area contributed by atoms with Crippen molar-refractivity contribution in [1.29, 1.82) is 0 Å². The highest BCUT2D eigenvalue weighted by Gasteiger charge is 2.15. The van der Waals surface area contributed by atoms with E-state index in [9.17, 15) is 0 Å². The van der Waals surface area contributed by atoms with Crippen LogP contribution in [-0.2, 0) is 6.42 Å². The molecule has 0 atom stereocenters. The van der Waals surface area contributed by atoms with Gasteiger partial charge in [-0.1, -0.05) is 6.07 Å². The third kappa shape index (κ3) is 0.897. The van der Waals surface area contributed by atoms with Gasteiger partial charge in [-0.25, -0.2) is 0 Å². The first-order valence-corrected chi connectivity index (χ1v) is 4.02. The number of nitrogens with two attached hydrogens (primary N) is 1. The monoisotopic (exact) mass is 164 g/mol. The van der Waals surface area contributed by atoms with E-state index >= 15 is 0 Å². The van der Waals surface area contributed by atoms with Crippen molar-refractivity contribution in [1.82, 2.24) is 0 Å². The summed E-state index contributed by atoms with van der Waals surface area (Å²) >= 11 is 0. The molecule has 1 aliphatic rings. The molecule has 0 saturated carbocycles. The first kappa shape index (κ1) is 7.28. The Bertz CT molecular complexity index is 310. The van der Waals surface area contributed by atoms with Crippen LogP contribution in [0.3, 0.4) is 0 Å². The molecule has 0 fully saturated rings. The highest BCUT2D eigenvalue weighted by molar-refractivity contribution is 5.78. The Hall–Kier alpha value is -1.38. The van der Waals surface area contributed by atoms with Gasteiger partial charge in [0.15, 0.2) is 0 Å². The third-order valence-electron chi connectivity index (χ3n) is 2.21. The van der Waals surface area contributed by atoms with Gasteiger partial charge in [-0.3, -0.25) is 0 Å². The van der Waals surface area contributed by atoms with Crippen LogP contribution in [0.5, 0.6) is 5.75 Å². The van der Waals surface area contributed by atoms with Crippen molar-refractivity contribution in [3.8, 4) is 5.75 Å². The second-order valence-electron chi connectivity index (χ2n) is 2.89. The molecule has 12 heavy (non-hydrogen) atoms. The molecular formula is C9H12N2O. The zero-order valence-electron chi connectivity index (χ0n) is 7.05. The predicted molar refractivity (Wildman–Crippen MR) is 49.6 cm³/mol. The van der Waals surface area contributed by atoms with Gasteiger partial charge in [0.1, 0.15) is 5.75 Å². The normalized spacial score (nSPS) is 13.8. The number of anilines is 2. The molecule has 1 aliphatic heterocycles. The van der Waals surface area contributed by atoms with Gasteiger partial charge in [-0.2, -0.15) is 0 Å². The van der Waals surface area contributed by atoms with Gasteiger partial charge < -0.3 is 15.8 Å². The van der Waals surface area contributed by atoms with Gasteiger partial charge in [0.25, 0.3) is 0 Å². The van der Waals surface area contributed by atoms with Crippen LogP contribution >= 0.6 is 0 Å². The van der Waals surface area contributed by atoms with E-state index < -0.39 is 0 Å². The van der Waals surface area contributed by atoms with Crippen molar-refractivity contribution in [2.45, 2.75) is 6.42 Å². The maximum atomic E-state index is 5.86. The summed E-state index contributed by atoms with van der Waals surface area (Å²) in [5.41, 5.74) is 8.92. The summed E-state index contributed by atoms with van der Waals surface area (Å²) in [5.74, 6) is 0.753. The van der Waals surface area contributed by atoms with Gasteiger partial charge in [0.05, 0.1) is 18.5 Å². The number of nitrogen functional groups attached to an aromatic ring is 1. The number of nitrogens with one attached hydrogen (secondary N) is 1. The van der Waals surface area contributed by atoms with Crippen LogP contribution in [0, 0.1) is 0 Å². The SMILES string of the molecule is COc1ccc2c(c1N)NCC2. The van der Waals surface area contributed by atoms with Crippen LogP contribution in [0.15, 0.2) is 12.1 Å². The number of ether oxygens (including phenoxy) is 1. The third-order valence-corrected chi connectivity index (χ3v) is 2.21. The Morgan fingerprint density at radius 3 is 3.08 bits per heavy atom. The number of benzene rings is 1. The molecule has 1 heterocycles. The average molecular weight is 164 g/mol. The molecule has 3 N–H and O–H groups in total. The molecular weight excluding hydrogens is 152 g/mol. The minimum absolute atomic E-state index is 0.729. The molecule has 0 bridgehead atoms. The van der Waals surface area contributed by atoms with Gasteiger partial charge in [0.2, 0.25) is 0 Å². The Morgan fingerprint density at radius 1 is 1.50 bits per heavy atom. The fourth-order valence-electron chi connectivity index (χ4n) is 1.56.